The predicted octanol–water partition coefficient (Wildman–Crippen LogP) is 3.12. The Hall–Kier alpha value is -0.300. The molecule has 13 heavy (non-hydrogen) atoms. The average Bonchev–Trinajstić information content (AvgIpc) is 2.31. The van der Waals surface area contributed by atoms with E-state index in [0.29, 0.717) is 6.04 Å². The van der Waals surface area contributed by atoms with Crippen molar-refractivity contribution in [2.45, 2.75) is 58.0 Å². The minimum atomic E-state index is 0.471. The van der Waals surface area contributed by atoms with Gasteiger partial charge in [0.25, 0.3) is 0 Å². The molecule has 0 spiro atoms. The van der Waals surface area contributed by atoms with Gasteiger partial charge in [0.15, 0.2) is 0 Å². The lowest BCUT2D eigenvalue weighted by atomic mass is 10.0. The summed E-state index contributed by atoms with van der Waals surface area (Å²) >= 11 is 0. The Bertz CT molecular complexity index is 153. The second-order valence-corrected chi connectivity index (χ2v) is 4.50. The third-order valence-corrected chi connectivity index (χ3v) is 3.11. The van der Waals surface area contributed by atoms with E-state index in [1.54, 1.807) is 0 Å². The van der Waals surface area contributed by atoms with Crippen LogP contribution < -0.4 is 5.32 Å². The maximum Gasteiger partial charge on any atom is 0.0221 e. The molecule has 0 saturated heterocycles. The van der Waals surface area contributed by atoms with Crippen LogP contribution in [0.2, 0.25) is 0 Å². The van der Waals surface area contributed by atoms with Gasteiger partial charge in [-0.15, -0.1) is 6.58 Å². The highest BCUT2D eigenvalue weighted by atomic mass is 14.9. The molecule has 1 rings (SSSR count). The van der Waals surface area contributed by atoms with Crippen molar-refractivity contribution in [3.63, 3.8) is 0 Å². The molecular formula is C12H23N. The molecule has 76 valence electrons. The van der Waals surface area contributed by atoms with Crippen molar-refractivity contribution in [3.05, 3.63) is 12.7 Å². The molecule has 1 aliphatic carbocycles. The Balaban J connectivity index is 2.29. The van der Waals surface area contributed by atoms with Crippen LogP contribution in [-0.2, 0) is 0 Å². The van der Waals surface area contributed by atoms with Crippen LogP contribution >= 0.6 is 0 Å². The fraction of sp³-hybridized carbons (Fsp3) is 0.833. The topological polar surface area (TPSA) is 12.0 Å². The Labute approximate surface area is 82.6 Å². The first-order valence-electron chi connectivity index (χ1n) is 5.61. The van der Waals surface area contributed by atoms with Gasteiger partial charge in [-0.25, -0.2) is 0 Å². The molecule has 1 fully saturated rings. The lowest BCUT2D eigenvalue weighted by molar-refractivity contribution is 0.431. The second kappa shape index (κ2) is 5.43. The molecule has 1 N–H and O–H groups in total. The van der Waals surface area contributed by atoms with Crippen molar-refractivity contribution in [1.29, 1.82) is 0 Å². The second-order valence-electron chi connectivity index (χ2n) is 4.50. The normalized spacial score (nSPS) is 32.2. The Morgan fingerprint density at radius 3 is 2.77 bits per heavy atom. The molecule has 1 heteroatoms. The summed E-state index contributed by atoms with van der Waals surface area (Å²) in [6.45, 7) is 8.36. The Morgan fingerprint density at radius 2 is 2.08 bits per heavy atom. The molecule has 0 aliphatic heterocycles. The van der Waals surface area contributed by atoms with Gasteiger partial charge in [-0.1, -0.05) is 25.8 Å². The minimum Gasteiger partial charge on any atom is -0.308 e. The first kappa shape index (κ1) is 10.8. The molecule has 1 nitrogen and oxygen atoms in total. The first-order valence-corrected chi connectivity index (χ1v) is 5.61. The van der Waals surface area contributed by atoms with Crippen molar-refractivity contribution >= 4 is 0 Å². The van der Waals surface area contributed by atoms with Crippen molar-refractivity contribution < 1.29 is 0 Å². The van der Waals surface area contributed by atoms with Crippen molar-refractivity contribution in [2.75, 3.05) is 0 Å². The van der Waals surface area contributed by atoms with Gasteiger partial charge in [0, 0.05) is 12.1 Å². The summed E-state index contributed by atoms with van der Waals surface area (Å²) in [6, 6.07) is 1.20. The summed E-state index contributed by atoms with van der Waals surface area (Å²) in [5.74, 6) is 0.936. The van der Waals surface area contributed by atoms with E-state index in [2.05, 4.69) is 25.7 Å². The quantitative estimate of drug-likeness (QED) is 0.521. The fourth-order valence-electron chi connectivity index (χ4n) is 2.09. The van der Waals surface area contributed by atoms with E-state index in [1.165, 1.54) is 32.1 Å². The number of hydrogen-bond donors (Lipinski definition) is 1. The van der Waals surface area contributed by atoms with Crippen LogP contribution in [-0.4, -0.2) is 12.1 Å². The summed E-state index contributed by atoms with van der Waals surface area (Å²) in [5.41, 5.74) is 0. The third kappa shape index (κ3) is 3.95. The number of nitrogens with one attached hydrogen (secondary N) is 1. The van der Waals surface area contributed by atoms with Crippen LogP contribution in [0.15, 0.2) is 12.7 Å². The third-order valence-electron chi connectivity index (χ3n) is 3.11. The van der Waals surface area contributed by atoms with Crippen LogP contribution in [0.25, 0.3) is 0 Å². The highest BCUT2D eigenvalue weighted by molar-refractivity contribution is 4.85. The summed E-state index contributed by atoms with van der Waals surface area (Å²) in [4.78, 5) is 0. The van der Waals surface area contributed by atoms with E-state index in [4.69, 9.17) is 0 Å². The zero-order valence-corrected chi connectivity index (χ0v) is 9.05. The van der Waals surface area contributed by atoms with Crippen LogP contribution in [0.4, 0.5) is 0 Å². The van der Waals surface area contributed by atoms with E-state index >= 15 is 0 Å². The fourth-order valence-corrected chi connectivity index (χ4v) is 2.09. The van der Waals surface area contributed by atoms with Gasteiger partial charge in [0.05, 0.1) is 0 Å². The summed E-state index contributed by atoms with van der Waals surface area (Å²) < 4.78 is 0. The monoisotopic (exact) mass is 181 g/mol. The van der Waals surface area contributed by atoms with Gasteiger partial charge in [-0.05, 0) is 32.1 Å². The molecule has 1 aliphatic rings. The largest absolute Gasteiger partial charge is 0.308 e. The van der Waals surface area contributed by atoms with Gasteiger partial charge >= 0.3 is 0 Å². The molecule has 0 radical (unpaired) electrons. The van der Waals surface area contributed by atoms with Crippen LogP contribution in [0.3, 0.4) is 0 Å². The summed E-state index contributed by atoms with van der Waals surface area (Å²) in [7, 11) is 0. The van der Waals surface area contributed by atoms with Crippen molar-refractivity contribution in [3.8, 4) is 0 Å². The molecule has 3 unspecified atom stereocenters. The SMILES string of the molecule is C=CC(C)NC1CCCC(C)CC1. The summed E-state index contributed by atoms with van der Waals surface area (Å²) in [5, 5.41) is 3.61. The van der Waals surface area contributed by atoms with Crippen LogP contribution in [0, 0.1) is 5.92 Å². The first-order chi connectivity index (χ1) is 6.22. The van der Waals surface area contributed by atoms with Gasteiger partial charge in [-0.3, -0.25) is 0 Å². The van der Waals surface area contributed by atoms with Gasteiger partial charge < -0.3 is 5.32 Å². The Morgan fingerprint density at radius 1 is 1.31 bits per heavy atom. The highest BCUT2D eigenvalue weighted by Crippen LogP contribution is 2.22. The van der Waals surface area contributed by atoms with Gasteiger partial charge in [0.2, 0.25) is 0 Å². The minimum absolute atomic E-state index is 0.471. The van der Waals surface area contributed by atoms with Crippen molar-refractivity contribution in [1.82, 2.24) is 5.32 Å². The zero-order valence-electron chi connectivity index (χ0n) is 9.05. The van der Waals surface area contributed by atoms with E-state index in [-0.39, 0.29) is 0 Å². The molecule has 3 atom stereocenters. The molecular weight excluding hydrogens is 158 g/mol. The predicted molar refractivity (Wildman–Crippen MR) is 58.8 cm³/mol. The van der Waals surface area contributed by atoms with Crippen LogP contribution in [0.1, 0.15) is 46.0 Å². The number of hydrogen-bond acceptors (Lipinski definition) is 1. The molecule has 0 aromatic rings. The standard InChI is InChI=1S/C12H23N/c1-4-11(3)13-12-7-5-6-10(2)8-9-12/h4,10-13H,1,5-9H2,2-3H3. The van der Waals surface area contributed by atoms with E-state index in [1.807, 2.05) is 6.08 Å². The highest BCUT2D eigenvalue weighted by Gasteiger charge is 2.16. The lowest BCUT2D eigenvalue weighted by Crippen LogP contribution is -2.34. The molecule has 0 heterocycles. The van der Waals surface area contributed by atoms with Gasteiger partial charge in [-0.2, -0.15) is 0 Å². The maximum absolute atomic E-state index is 3.80. The van der Waals surface area contributed by atoms with E-state index in [9.17, 15) is 0 Å². The average molecular weight is 181 g/mol. The van der Waals surface area contributed by atoms with Gasteiger partial charge in [0.1, 0.15) is 0 Å². The molecule has 0 aromatic carbocycles. The summed E-state index contributed by atoms with van der Waals surface area (Å²) in [6.07, 6.45) is 8.89. The molecule has 0 bridgehead atoms. The molecule has 0 amide bonds. The Kier molecular flexibility index (Phi) is 4.51. The smallest absolute Gasteiger partial charge is 0.0221 e. The zero-order chi connectivity index (χ0) is 9.68. The van der Waals surface area contributed by atoms with Crippen molar-refractivity contribution in [2.24, 2.45) is 5.92 Å². The maximum atomic E-state index is 3.80. The van der Waals surface area contributed by atoms with E-state index in [0.717, 1.165) is 12.0 Å². The van der Waals surface area contributed by atoms with Crippen LogP contribution in [0.5, 0.6) is 0 Å². The molecule has 0 aromatic heterocycles. The van der Waals surface area contributed by atoms with E-state index < -0.39 is 0 Å². The lowest BCUT2D eigenvalue weighted by Gasteiger charge is -2.19. The number of rotatable bonds is 3. The molecule has 1 saturated carbocycles.